The van der Waals surface area contributed by atoms with Gasteiger partial charge in [-0.1, -0.05) is 5.92 Å². The van der Waals surface area contributed by atoms with Gasteiger partial charge in [0.1, 0.15) is 35.3 Å². The quantitative estimate of drug-likeness (QED) is 0.361. The third-order valence-electron chi connectivity index (χ3n) is 6.94. The Morgan fingerprint density at radius 1 is 1.26 bits per heavy atom. The number of fused-ring (bicyclic) bond motifs is 3. The lowest BCUT2D eigenvalue weighted by molar-refractivity contribution is -0.0623. The summed E-state index contributed by atoms with van der Waals surface area (Å²) in [6.07, 6.45) is 3.23. The minimum atomic E-state index is -0.928. The summed E-state index contributed by atoms with van der Waals surface area (Å²) in [5, 5.41) is 17.4. The Morgan fingerprint density at radius 3 is 2.90 bits per heavy atom. The number of pyridine rings is 2. The molecule has 2 aliphatic heterocycles. The summed E-state index contributed by atoms with van der Waals surface area (Å²) in [6, 6.07) is 9.55. The first-order chi connectivity index (χ1) is 18.8. The first-order valence-electron chi connectivity index (χ1n) is 12.6. The molecule has 1 amide bonds. The van der Waals surface area contributed by atoms with Crippen molar-refractivity contribution in [3.8, 4) is 28.7 Å². The number of anilines is 2. The smallest absolute Gasteiger partial charge is 0.407 e. The summed E-state index contributed by atoms with van der Waals surface area (Å²) in [5.41, 5.74) is 3.44. The number of carboxylic acid groups (broad SMARTS) is 1. The lowest BCUT2D eigenvalue weighted by Crippen LogP contribution is -2.47. The second-order valence-corrected chi connectivity index (χ2v) is 9.87. The highest BCUT2D eigenvalue weighted by molar-refractivity contribution is 5.75. The van der Waals surface area contributed by atoms with Gasteiger partial charge in [0.05, 0.1) is 30.9 Å². The maximum Gasteiger partial charge on any atom is 0.407 e. The lowest BCUT2D eigenvalue weighted by atomic mass is 10.0. The fourth-order valence-electron chi connectivity index (χ4n) is 5.26. The number of nitrogens with one attached hydrogen (secondary N) is 1. The molecule has 4 aromatic rings. The van der Waals surface area contributed by atoms with Gasteiger partial charge in [-0.25, -0.2) is 24.3 Å². The van der Waals surface area contributed by atoms with Gasteiger partial charge in [0, 0.05) is 36.0 Å². The Hall–Kier alpha value is -4.69. The summed E-state index contributed by atoms with van der Waals surface area (Å²) >= 11 is 0. The summed E-state index contributed by atoms with van der Waals surface area (Å²) in [5.74, 6) is 8.50. The largest absolute Gasteiger partial charge is 0.488 e. The average molecular weight is 526 g/mol. The minimum Gasteiger partial charge on any atom is -0.488 e. The number of morpholine rings is 1. The molecule has 4 aromatic heterocycles. The van der Waals surface area contributed by atoms with Gasteiger partial charge < -0.3 is 19.9 Å². The molecule has 2 saturated heterocycles. The van der Waals surface area contributed by atoms with Gasteiger partial charge in [0.15, 0.2) is 5.82 Å². The lowest BCUT2D eigenvalue weighted by Gasteiger charge is -2.31. The summed E-state index contributed by atoms with van der Waals surface area (Å²) < 4.78 is 14.0. The number of ether oxygens (including phenoxy) is 2. The predicted octanol–water partition coefficient (Wildman–Crippen LogP) is 3.82. The van der Waals surface area contributed by atoms with Crippen LogP contribution in [-0.4, -0.2) is 72.1 Å². The van der Waals surface area contributed by atoms with Gasteiger partial charge in [0.25, 0.3) is 0 Å². The Morgan fingerprint density at radius 2 is 2.13 bits per heavy atom. The highest BCUT2D eigenvalue weighted by Crippen LogP contribution is 2.39. The highest BCUT2D eigenvalue weighted by Gasteiger charge is 2.53. The van der Waals surface area contributed by atoms with Crippen LogP contribution in [0.25, 0.3) is 16.6 Å². The van der Waals surface area contributed by atoms with Gasteiger partial charge in [-0.3, -0.25) is 4.90 Å². The van der Waals surface area contributed by atoms with E-state index in [1.165, 1.54) is 4.90 Å². The number of rotatable bonds is 6. The van der Waals surface area contributed by atoms with Crippen LogP contribution in [0.3, 0.4) is 0 Å². The SMILES string of the molecule is CC#Cc1cc(-c2ccn3nc(Nc4cc(C)nc(C)n4)cc3c2)c(OC[C@@]23C[C@@H](CO2)N(C(=O)O)C3)cn1. The molecule has 6 rings (SSSR count). The van der Waals surface area contributed by atoms with Crippen LogP contribution in [0.15, 0.2) is 42.7 Å². The van der Waals surface area contributed by atoms with E-state index in [9.17, 15) is 9.90 Å². The zero-order valence-corrected chi connectivity index (χ0v) is 21.8. The average Bonchev–Trinajstić information content (AvgIpc) is 3.60. The Kier molecular flexibility index (Phi) is 6.04. The van der Waals surface area contributed by atoms with Gasteiger partial charge in [-0.05, 0) is 50.5 Å². The molecule has 0 saturated carbocycles. The molecule has 11 nitrogen and oxygen atoms in total. The van der Waals surface area contributed by atoms with Crippen molar-refractivity contribution >= 4 is 23.2 Å². The number of nitrogens with zero attached hydrogens (tertiary/aromatic N) is 6. The number of amides is 1. The minimum absolute atomic E-state index is 0.131. The molecular weight excluding hydrogens is 498 g/mol. The normalized spacial score (nSPS) is 19.7. The van der Waals surface area contributed by atoms with E-state index in [1.54, 1.807) is 17.6 Å². The Bertz CT molecular complexity index is 1640. The molecule has 2 atom stereocenters. The molecule has 0 radical (unpaired) electrons. The van der Waals surface area contributed by atoms with Gasteiger partial charge in [-0.2, -0.15) is 5.10 Å². The molecule has 39 heavy (non-hydrogen) atoms. The van der Waals surface area contributed by atoms with Crippen LogP contribution in [0.1, 0.15) is 30.6 Å². The second-order valence-electron chi connectivity index (χ2n) is 9.87. The predicted molar refractivity (Wildman–Crippen MR) is 143 cm³/mol. The standard InChI is InChI=1S/C28H27N7O4/c1-4-5-20-10-23(24(13-29-20)38-16-28-12-22(14-39-28)34(15-28)27(36)37)19-6-7-35-21(9-19)11-26(33-35)32-25-8-17(2)30-18(3)31-25/h6-11,13,22H,12,14-16H2,1-3H3,(H,36,37)(H,30,31,32,33)/t22-,28-/m0/s1. The van der Waals surface area contributed by atoms with E-state index in [2.05, 4.69) is 37.2 Å². The molecule has 0 aliphatic carbocycles. The number of aryl methyl sites for hydroxylation is 2. The van der Waals surface area contributed by atoms with Crippen molar-refractivity contribution in [1.29, 1.82) is 0 Å². The van der Waals surface area contributed by atoms with E-state index in [-0.39, 0.29) is 19.2 Å². The van der Waals surface area contributed by atoms with Crippen molar-refractivity contribution in [2.24, 2.45) is 0 Å². The first-order valence-corrected chi connectivity index (χ1v) is 12.6. The number of likely N-dealkylation sites (tertiary alicyclic amines) is 1. The zero-order chi connectivity index (χ0) is 27.1. The van der Waals surface area contributed by atoms with Crippen LogP contribution in [0.5, 0.6) is 5.75 Å². The van der Waals surface area contributed by atoms with Crippen LogP contribution in [0, 0.1) is 25.7 Å². The van der Waals surface area contributed by atoms with Crippen molar-refractivity contribution in [3.05, 3.63) is 59.9 Å². The highest BCUT2D eigenvalue weighted by atomic mass is 16.6. The van der Waals surface area contributed by atoms with Crippen LogP contribution in [0.4, 0.5) is 16.4 Å². The fraction of sp³-hybridized carbons (Fsp3) is 0.321. The number of hydrogen-bond acceptors (Lipinski definition) is 8. The number of hydrogen-bond donors (Lipinski definition) is 2. The van der Waals surface area contributed by atoms with Crippen molar-refractivity contribution < 1.29 is 19.4 Å². The Labute approximate surface area is 224 Å². The topological polar surface area (TPSA) is 127 Å². The van der Waals surface area contributed by atoms with Crippen molar-refractivity contribution in [2.45, 2.75) is 38.8 Å². The molecule has 0 spiro atoms. The van der Waals surface area contributed by atoms with E-state index in [0.29, 0.717) is 41.9 Å². The maximum atomic E-state index is 11.6. The van der Waals surface area contributed by atoms with Crippen LogP contribution in [0.2, 0.25) is 0 Å². The second kappa shape index (κ2) is 9.56. The monoisotopic (exact) mass is 525 g/mol. The van der Waals surface area contributed by atoms with Gasteiger partial charge >= 0.3 is 6.09 Å². The molecule has 0 unspecified atom stereocenters. The van der Waals surface area contributed by atoms with E-state index in [0.717, 1.165) is 22.3 Å². The van der Waals surface area contributed by atoms with E-state index in [4.69, 9.17) is 9.47 Å². The van der Waals surface area contributed by atoms with Crippen LogP contribution < -0.4 is 10.1 Å². The zero-order valence-electron chi connectivity index (χ0n) is 21.8. The summed E-state index contributed by atoms with van der Waals surface area (Å²) in [6.45, 7) is 6.44. The number of carbonyl (C=O) groups is 1. The maximum absolute atomic E-state index is 11.6. The summed E-state index contributed by atoms with van der Waals surface area (Å²) in [7, 11) is 0. The molecule has 6 heterocycles. The molecular formula is C28H27N7O4. The van der Waals surface area contributed by atoms with Gasteiger partial charge in [0.2, 0.25) is 0 Å². The van der Waals surface area contributed by atoms with E-state index in [1.807, 2.05) is 50.4 Å². The van der Waals surface area contributed by atoms with E-state index >= 15 is 0 Å². The van der Waals surface area contributed by atoms with Crippen molar-refractivity contribution in [2.75, 3.05) is 25.1 Å². The Balaban J connectivity index is 1.29. The van der Waals surface area contributed by atoms with Crippen molar-refractivity contribution in [1.82, 2.24) is 29.5 Å². The molecule has 2 fully saturated rings. The third kappa shape index (κ3) is 4.82. The van der Waals surface area contributed by atoms with Gasteiger partial charge in [-0.15, -0.1) is 0 Å². The first kappa shape index (κ1) is 24.6. The molecule has 0 aromatic carbocycles. The van der Waals surface area contributed by atoms with Crippen LogP contribution >= 0.6 is 0 Å². The number of aromatic nitrogens is 5. The fourth-order valence-corrected chi connectivity index (χ4v) is 5.26. The molecule has 11 heteroatoms. The molecule has 198 valence electrons. The molecule has 2 N–H and O–H groups in total. The third-order valence-corrected chi connectivity index (χ3v) is 6.94. The van der Waals surface area contributed by atoms with E-state index < -0.39 is 11.7 Å². The van der Waals surface area contributed by atoms with Crippen LogP contribution in [-0.2, 0) is 4.74 Å². The van der Waals surface area contributed by atoms with Crippen molar-refractivity contribution in [3.63, 3.8) is 0 Å². The molecule has 2 aliphatic rings. The summed E-state index contributed by atoms with van der Waals surface area (Å²) in [4.78, 5) is 26.2. The molecule has 2 bridgehead atoms.